The number of terminal acetylenes is 1. The fraction of sp³-hybridized carbons (Fsp3) is 0.480. The van der Waals surface area contributed by atoms with Gasteiger partial charge >= 0.3 is 6.16 Å². The monoisotopic (exact) mass is 1010 g/mol. The third-order valence-electron chi connectivity index (χ3n) is 10.8. The van der Waals surface area contributed by atoms with Crippen LogP contribution in [0.1, 0.15) is 76.1 Å². The molecule has 15 heteroatoms. The van der Waals surface area contributed by atoms with Crippen LogP contribution in [0.2, 0.25) is 0 Å². The van der Waals surface area contributed by atoms with Crippen LogP contribution in [-0.2, 0) is 57.6 Å². The van der Waals surface area contributed by atoms with Crippen LogP contribution in [-0.4, -0.2) is 108 Å². The molecule has 1 saturated heterocycles. The van der Waals surface area contributed by atoms with Crippen LogP contribution in [0.5, 0.6) is 0 Å². The lowest BCUT2D eigenvalue weighted by atomic mass is 9.90. The lowest BCUT2D eigenvalue weighted by Crippen LogP contribution is -2.60. The third kappa shape index (κ3) is 17.9. The zero-order valence-electron chi connectivity index (χ0n) is 38.1. The Morgan fingerprint density at radius 1 is 0.723 bits per heavy atom. The molecule has 4 amide bonds. The van der Waals surface area contributed by atoms with Gasteiger partial charge in [-0.1, -0.05) is 129 Å². The van der Waals surface area contributed by atoms with Crippen molar-refractivity contribution in [3.8, 4) is 12.3 Å². The highest BCUT2D eigenvalue weighted by molar-refractivity contribution is 14.1. The molecule has 1 heterocycles. The molecule has 4 N–H and O–H groups in total. The number of hydrogen-bond donors (Lipinski definition) is 4. The number of Topliss-reactive ketones (excluding diaryl/α,β-unsaturated/α-hetero) is 1. The number of hydrogen-bond acceptors (Lipinski definition) is 10. The Balaban J connectivity index is 1.53. The van der Waals surface area contributed by atoms with E-state index in [-0.39, 0.29) is 61.0 Å². The number of ketones is 1. The topological polar surface area (TPSA) is 181 Å². The highest BCUT2D eigenvalue weighted by atomic mass is 127. The Hall–Kier alpha value is -5.31. The van der Waals surface area contributed by atoms with Crippen molar-refractivity contribution in [1.82, 2.24) is 26.2 Å². The van der Waals surface area contributed by atoms with Gasteiger partial charge in [0.25, 0.3) is 0 Å². The molecule has 0 spiro atoms. The first-order valence-corrected chi connectivity index (χ1v) is 23.7. The SMILES string of the molecule is C#Cc1ccc(COC(=O)O[C@](C)(CI)C(=O)[C@H](CC(C)C)NC(=O)[C@H](Cc2ccccc2)NC(=O)C(CC(C)C)NC(=O)[C@H](CCc2ccccc2)NC(=O)CN2CCOCC2)cc1. The van der Waals surface area contributed by atoms with E-state index in [1.165, 1.54) is 6.92 Å². The van der Waals surface area contributed by atoms with Gasteiger partial charge in [0.15, 0.2) is 11.4 Å². The van der Waals surface area contributed by atoms with Crippen molar-refractivity contribution < 1.29 is 43.0 Å². The van der Waals surface area contributed by atoms with Crippen molar-refractivity contribution in [3.05, 3.63) is 107 Å². The van der Waals surface area contributed by atoms with E-state index < -0.39 is 59.4 Å². The summed E-state index contributed by atoms with van der Waals surface area (Å²) in [5.41, 5.74) is 1.39. The Labute approximate surface area is 397 Å². The van der Waals surface area contributed by atoms with E-state index in [9.17, 15) is 28.8 Å². The molecule has 14 nitrogen and oxygen atoms in total. The van der Waals surface area contributed by atoms with Gasteiger partial charge in [0.05, 0.1) is 25.8 Å². The fourth-order valence-corrected chi connectivity index (χ4v) is 7.81. The number of nitrogens with one attached hydrogen (secondary N) is 4. The molecule has 5 atom stereocenters. The smallest absolute Gasteiger partial charge is 0.429 e. The quantitative estimate of drug-likeness (QED) is 0.0397. The third-order valence-corrected chi connectivity index (χ3v) is 12.3. The first-order valence-electron chi connectivity index (χ1n) is 22.2. The number of alkyl halides is 1. The number of aryl methyl sites for hydroxylation is 1. The Bertz CT molecular complexity index is 2060. The van der Waals surface area contributed by atoms with Crippen LogP contribution >= 0.6 is 22.6 Å². The summed E-state index contributed by atoms with van der Waals surface area (Å²) in [6, 6.07) is 21.3. The zero-order chi connectivity index (χ0) is 47.4. The standard InChI is InChI=1S/C50H64IN5O9/c1-7-36-18-20-39(21-19-36)32-64-49(62)65-50(6,33-51)45(58)41(28-34(2)3)53-48(61)43(30-38-16-12-9-13-17-38)55-47(60)42(29-35(4)5)54-46(59)40(23-22-37-14-10-8-11-15-37)52-44(57)31-56-24-26-63-27-25-56/h1,8-21,34-35,40-43H,22-33H2,2-6H3,(H,52,57)(H,53,61)(H,54,59)(H,55,60)/t40-,41-,42?,43-,50+/m0/s1. The normalized spacial score (nSPS) is 15.6. The second-order valence-corrected chi connectivity index (χ2v) is 18.1. The molecular weight excluding hydrogens is 941 g/mol. The Morgan fingerprint density at radius 2 is 1.26 bits per heavy atom. The van der Waals surface area contributed by atoms with Gasteiger partial charge in [-0.3, -0.25) is 28.9 Å². The Morgan fingerprint density at radius 3 is 1.85 bits per heavy atom. The zero-order valence-corrected chi connectivity index (χ0v) is 40.3. The molecule has 4 rings (SSSR count). The first-order chi connectivity index (χ1) is 31.1. The summed E-state index contributed by atoms with van der Waals surface area (Å²) in [7, 11) is 0. The highest BCUT2D eigenvalue weighted by Gasteiger charge is 2.43. The van der Waals surface area contributed by atoms with Crippen molar-refractivity contribution in [2.24, 2.45) is 11.8 Å². The largest absolute Gasteiger partial charge is 0.509 e. The van der Waals surface area contributed by atoms with Gasteiger partial charge in [0.1, 0.15) is 24.7 Å². The van der Waals surface area contributed by atoms with Gasteiger partial charge < -0.3 is 35.5 Å². The average molecular weight is 1010 g/mol. The van der Waals surface area contributed by atoms with Gasteiger partial charge in [-0.05, 0) is 73.3 Å². The molecule has 3 aromatic rings. The number of carbonyl (C=O) groups is 6. The molecule has 65 heavy (non-hydrogen) atoms. The maximum Gasteiger partial charge on any atom is 0.509 e. The van der Waals surface area contributed by atoms with E-state index in [2.05, 4.69) is 27.2 Å². The Kier molecular flexibility index (Phi) is 21.4. The lowest BCUT2D eigenvalue weighted by molar-refractivity contribution is -0.141. The number of benzene rings is 3. The number of nitrogens with zero attached hydrogens (tertiary/aromatic N) is 1. The summed E-state index contributed by atoms with van der Waals surface area (Å²) in [5.74, 6) is -0.222. The fourth-order valence-electron chi connectivity index (χ4n) is 7.27. The van der Waals surface area contributed by atoms with Gasteiger partial charge in [0, 0.05) is 29.5 Å². The molecular formula is C50H64IN5O9. The molecule has 0 bridgehead atoms. The molecule has 0 saturated carbocycles. The number of amides is 4. The van der Waals surface area contributed by atoms with Gasteiger partial charge in [-0.15, -0.1) is 6.42 Å². The lowest BCUT2D eigenvalue weighted by Gasteiger charge is -2.32. The molecule has 3 aromatic carbocycles. The van der Waals surface area contributed by atoms with E-state index in [0.29, 0.717) is 43.9 Å². The van der Waals surface area contributed by atoms with Crippen LogP contribution in [0.15, 0.2) is 84.9 Å². The average Bonchev–Trinajstić information content (AvgIpc) is 3.29. The molecule has 1 aliphatic heterocycles. The van der Waals surface area contributed by atoms with Crippen LogP contribution in [0.25, 0.3) is 0 Å². The second kappa shape index (κ2) is 26.6. The highest BCUT2D eigenvalue weighted by Crippen LogP contribution is 2.23. The van der Waals surface area contributed by atoms with Gasteiger partial charge in [-0.25, -0.2) is 4.79 Å². The van der Waals surface area contributed by atoms with Crippen molar-refractivity contribution in [2.75, 3.05) is 37.3 Å². The summed E-state index contributed by atoms with van der Waals surface area (Å²) in [6.07, 6.45) is 5.67. The van der Waals surface area contributed by atoms with Crippen LogP contribution < -0.4 is 21.3 Å². The van der Waals surface area contributed by atoms with E-state index in [1.54, 1.807) is 24.3 Å². The maximum absolute atomic E-state index is 14.4. The maximum atomic E-state index is 14.4. The van der Waals surface area contributed by atoms with Crippen molar-refractivity contribution in [1.29, 1.82) is 0 Å². The van der Waals surface area contributed by atoms with Crippen LogP contribution in [0.4, 0.5) is 4.79 Å². The molecule has 0 radical (unpaired) electrons. The van der Waals surface area contributed by atoms with Gasteiger partial charge in [-0.2, -0.15) is 0 Å². The van der Waals surface area contributed by atoms with Crippen molar-refractivity contribution in [2.45, 2.75) is 103 Å². The minimum atomic E-state index is -1.68. The summed E-state index contributed by atoms with van der Waals surface area (Å²) >= 11 is 1.96. The molecule has 0 aromatic heterocycles. The number of rotatable bonds is 24. The van der Waals surface area contributed by atoms with E-state index in [1.807, 2.05) is 116 Å². The number of carbonyl (C=O) groups excluding carboxylic acids is 6. The van der Waals surface area contributed by atoms with E-state index in [4.69, 9.17) is 20.6 Å². The van der Waals surface area contributed by atoms with Crippen LogP contribution in [0, 0.1) is 24.2 Å². The summed E-state index contributed by atoms with van der Waals surface area (Å²) in [4.78, 5) is 85.6. The van der Waals surface area contributed by atoms with E-state index in [0.717, 1.165) is 11.1 Å². The van der Waals surface area contributed by atoms with Gasteiger partial charge in [0.2, 0.25) is 23.6 Å². The summed E-state index contributed by atoms with van der Waals surface area (Å²) in [6.45, 7) is 11.3. The number of morpholine rings is 1. The molecule has 1 unspecified atom stereocenters. The number of ether oxygens (including phenoxy) is 3. The molecule has 1 fully saturated rings. The molecule has 1 aliphatic rings. The minimum absolute atomic E-state index is 0.0502. The van der Waals surface area contributed by atoms with Crippen LogP contribution in [0.3, 0.4) is 0 Å². The summed E-state index contributed by atoms with van der Waals surface area (Å²) < 4.78 is 16.5. The predicted molar refractivity (Wildman–Crippen MR) is 257 cm³/mol. The van der Waals surface area contributed by atoms with Crippen molar-refractivity contribution >= 4 is 58.2 Å². The summed E-state index contributed by atoms with van der Waals surface area (Å²) in [5, 5.41) is 11.6. The minimum Gasteiger partial charge on any atom is -0.429 e. The van der Waals surface area contributed by atoms with Crippen molar-refractivity contribution in [3.63, 3.8) is 0 Å². The first kappa shape index (κ1) is 52.3. The predicted octanol–water partition coefficient (Wildman–Crippen LogP) is 5.32. The molecule has 0 aliphatic carbocycles. The number of halogens is 1. The second-order valence-electron chi connectivity index (χ2n) is 17.4. The van der Waals surface area contributed by atoms with E-state index >= 15 is 0 Å². The molecule has 350 valence electrons.